The van der Waals surface area contributed by atoms with Crippen molar-refractivity contribution in [1.29, 1.82) is 0 Å². The second kappa shape index (κ2) is 2.80. The summed E-state index contributed by atoms with van der Waals surface area (Å²) in [5, 5.41) is 0.0833. The van der Waals surface area contributed by atoms with Crippen molar-refractivity contribution in [1.82, 2.24) is 0 Å². The number of rotatable bonds is 1. The predicted octanol–water partition coefficient (Wildman–Crippen LogP) is 2.61. The van der Waals surface area contributed by atoms with Gasteiger partial charge in [-0.2, -0.15) is 0 Å². The Hall–Kier alpha value is -0.300. The molecular weight excluding hydrogens is 115 g/mol. The van der Waals surface area contributed by atoms with Gasteiger partial charge in [0.2, 0.25) is 0 Å². The van der Waals surface area contributed by atoms with Crippen LogP contribution in [-0.2, 0) is 0 Å². The Morgan fingerprint density at radius 2 is 2.29 bits per heavy atom. The summed E-state index contributed by atoms with van der Waals surface area (Å²) in [6.07, 6.45) is 1.45. The first-order chi connectivity index (χ1) is 3.18. The Balaban J connectivity index is 3.82. The van der Waals surface area contributed by atoms with Crippen LogP contribution < -0.4 is 0 Å². The second-order valence-corrected chi connectivity index (χ2v) is 1.45. The topological polar surface area (TPSA) is 0 Å². The largest absolute Gasteiger partial charge is 0.206 e. The molecule has 0 saturated carbocycles. The molecule has 0 rings (SSSR count). The molecular formula is C5H6ClF. The lowest BCUT2D eigenvalue weighted by Gasteiger charge is -1.84. The third kappa shape index (κ3) is 2.40. The zero-order valence-corrected chi connectivity index (χ0v) is 4.80. The Labute approximate surface area is 47.3 Å². The lowest BCUT2D eigenvalue weighted by atomic mass is 10.5. The third-order valence-corrected chi connectivity index (χ3v) is 0.936. The molecule has 0 radical (unpaired) electrons. The molecule has 0 amide bonds. The fraction of sp³-hybridized carbons (Fsp3) is 0.200. The summed E-state index contributed by atoms with van der Waals surface area (Å²) in [5.41, 5.74) is 0. The van der Waals surface area contributed by atoms with Gasteiger partial charge < -0.3 is 0 Å². The van der Waals surface area contributed by atoms with Crippen molar-refractivity contribution < 1.29 is 4.39 Å². The highest BCUT2D eigenvalue weighted by Gasteiger charge is 1.90. The van der Waals surface area contributed by atoms with E-state index in [4.69, 9.17) is 11.6 Å². The predicted molar refractivity (Wildman–Crippen MR) is 29.9 cm³/mol. The summed E-state index contributed by atoms with van der Waals surface area (Å²) < 4.78 is 11.7. The van der Waals surface area contributed by atoms with E-state index in [-0.39, 0.29) is 5.03 Å². The Morgan fingerprint density at radius 1 is 1.86 bits per heavy atom. The van der Waals surface area contributed by atoms with Crippen LogP contribution in [0.5, 0.6) is 0 Å². The fourth-order valence-electron chi connectivity index (χ4n) is 0.157. The molecule has 0 nitrogen and oxygen atoms in total. The molecule has 0 aromatic rings. The van der Waals surface area contributed by atoms with Crippen LogP contribution in [0.15, 0.2) is 23.5 Å². The van der Waals surface area contributed by atoms with E-state index in [1.165, 1.54) is 6.08 Å². The number of hydrogen-bond donors (Lipinski definition) is 0. The summed E-state index contributed by atoms with van der Waals surface area (Å²) in [4.78, 5) is 0. The average Bonchev–Trinajstić information content (AvgIpc) is 1.65. The van der Waals surface area contributed by atoms with Gasteiger partial charge in [-0.1, -0.05) is 24.3 Å². The molecule has 0 heterocycles. The van der Waals surface area contributed by atoms with Gasteiger partial charge in [-0.15, -0.1) is 0 Å². The zero-order valence-electron chi connectivity index (χ0n) is 4.04. The van der Waals surface area contributed by atoms with Gasteiger partial charge in [0.15, 0.2) is 0 Å². The smallest absolute Gasteiger partial charge is 0.134 e. The van der Waals surface area contributed by atoms with Crippen LogP contribution in [0.4, 0.5) is 4.39 Å². The first kappa shape index (κ1) is 6.70. The van der Waals surface area contributed by atoms with Gasteiger partial charge in [-0.25, -0.2) is 4.39 Å². The molecule has 7 heavy (non-hydrogen) atoms. The van der Waals surface area contributed by atoms with Crippen molar-refractivity contribution in [3.63, 3.8) is 0 Å². The van der Waals surface area contributed by atoms with Gasteiger partial charge >= 0.3 is 0 Å². The number of halogens is 2. The highest BCUT2D eigenvalue weighted by atomic mass is 35.5. The monoisotopic (exact) mass is 120 g/mol. The van der Waals surface area contributed by atoms with E-state index in [9.17, 15) is 4.39 Å². The van der Waals surface area contributed by atoms with Crippen LogP contribution in [-0.4, -0.2) is 0 Å². The molecule has 0 aromatic carbocycles. The van der Waals surface area contributed by atoms with Crippen LogP contribution in [0.25, 0.3) is 0 Å². The normalized spacial score (nSPS) is 11.6. The van der Waals surface area contributed by atoms with Crippen LogP contribution in [0.3, 0.4) is 0 Å². The molecule has 0 saturated heterocycles. The Morgan fingerprint density at radius 3 is 2.29 bits per heavy atom. The van der Waals surface area contributed by atoms with Gasteiger partial charge in [0, 0.05) is 0 Å². The molecule has 40 valence electrons. The van der Waals surface area contributed by atoms with Gasteiger partial charge in [-0.3, -0.25) is 0 Å². The summed E-state index contributed by atoms with van der Waals surface area (Å²) in [5.74, 6) is -0.579. The fourth-order valence-corrected chi connectivity index (χ4v) is 0.157. The second-order valence-electron chi connectivity index (χ2n) is 1.04. The van der Waals surface area contributed by atoms with Crippen molar-refractivity contribution >= 4 is 11.6 Å². The lowest BCUT2D eigenvalue weighted by molar-refractivity contribution is 0.666. The summed E-state index contributed by atoms with van der Waals surface area (Å²) in [6.45, 7) is 4.60. The van der Waals surface area contributed by atoms with E-state index < -0.39 is 5.83 Å². The average molecular weight is 121 g/mol. The molecule has 2 heteroatoms. The minimum absolute atomic E-state index is 0.0833. The van der Waals surface area contributed by atoms with E-state index in [0.29, 0.717) is 0 Å². The lowest BCUT2D eigenvalue weighted by Crippen LogP contribution is -1.64. The number of allylic oxidation sites excluding steroid dienone is 3. The maximum atomic E-state index is 11.7. The zero-order chi connectivity index (χ0) is 5.86. The van der Waals surface area contributed by atoms with Crippen LogP contribution in [0.1, 0.15) is 6.92 Å². The van der Waals surface area contributed by atoms with Crippen molar-refractivity contribution in [3.05, 3.63) is 23.5 Å². The van der Waals surface area contributed by atoms with E-state index in [0.717, 1.165) is 0 Å². The molecule has 0 aromatic heterocycles. The Kier molecular flexibility index (Phi) is 2.68. The maximum Gasteiger partial charge on any atom is 0.134 e. The maximum absolute atomic E-state index is 11.7. The molecule has 0 spiro atoms. The number of hydrogen-bond acceptors (Lipinski definition) is 0. The van der Waals surface area contributed by atoms with Crippen LogP contribution >= 0.6 is 11.6 Å². The van der Waals surface area contributed by atoms with E-state index in [2.05, 4.69) is 6.58 Å². The molecule has 0 bridgehead atoms. The Bertz CT molecular complexity index is 105. The molecule has 0 N–H and O–H groups in total. The standard InChI is InChI=1S/C5H6ClF/c1-3-5(6)4(2)7/h3H,2H2,1H3/b5-3+. The SMILES string of the molecule is C=C(F)/C(Cl)=C\C. The molecule has 0 fully saturated rings. The van der Waals surface area contributed by atoms with Crippen molar-refractivity contribution in [3.8, 4) is 0 Å². The van der Waals surface area contributed by atoms with Gasteiger partial charge in [0.05, 0.1) is 5.03 Å². The highest BCUT2D eigenvalue weighted by Crippen LogP contribution is 2.11. The van der Waals surface area contributed by atoms with Crippen LogP contribution in [0, 0.1) is 0 Å². The van der Waals surface area contributed by atoms with Crippen molar-refractivity contribution in [2.45, 2.75) is 6.92 Å². The van der Waals surface area contributed by atoms with Crippen LogP contribution in [0.2, 0.25) is 0 Å². The minimum Gasteiger partial charge on any atom is -0.206 e. The van der Waals surface area contributed by atoms with E-state index in [1.807, 2.05) is 0 Å². The molecule has 0 aliphatic rings. The first-order valence-electron chi connectivity index (χ1n) is 1.85. The minimum atomic E-state index is -0.579. The first-order valence-corrected chi connectivity index (χ1v) is 2.23. The quantitative estimate of drug-likeness (QED) is 0.467. The summed E-state index contributed by atoms with van der Waals surface area (Å²) >= 11 is 5.19. The molecule has 0 aliphatic carbocycles. The van der Waals surface area contributed by atoms with E-state index in [1.54, 1.807) is 6.92 Å². The van der Waals surface area contributed by atoms with Crippen molar-refractivity contribution in [2.75, 3.05) is 0 Å². The third-order valence-electron chi connectivity index (χ3n) is 0.513. The summed E-state index contributed by atoms with van der Waals surface area (Å²) in [6, 6.07) is 0. The highest BCUT2D eigenvalue weighted by molar-refractivity contribution is 6.31. The molecule has 0 aliphatic heterocycles. The van der Waals surface area contributed by atoms with Gasteiger partial charge in [0.1, 0.15) is 5.83 Å². The van der Waals surface area contributed by atoms with Gasteiger partial charge in [-0.05, 0) is 6.92 Å². The molecule has 0 unspecified atom stereocenters. The summed E-state index contributed by atoms with van der Waals surface area (Å²) in [7, 11) is 0. The molecule has 0 atom stereocenters. The van der Waals surface area contributed by atoms with E-state index >= 15 is 0 Å². The van der Waals surface area contributed by atoms with Crippen molar-refractivity contribution in [2.24, 2.45) is 0 Å². The van der Waals surface area contributed by atoms with Gasteiger partial charge in [0.25, 0.3) is 0 Å².